The molecule has 0 saturated heterocycles. The van der Waals surface area contributed by atoms with Crippen LogP contribution in [0.5, 0.6) is 0 Å². The van der Waals surface area contributed by atoms with Crippen LogP contribution < -0.4 is 5.32 Å². The Kier molecular flexibility index (Phi) is 7.65. The number of nitrogens with zero attached hydrogens (tertiary/aromatic N) is 1. The second-order valence-corrected chi connectivity index (χ2v) is 5.13. The van der Waals surface area contributed by atoms with Crippen molar-refractivity contribution >= 4 is 0 Å². The zero-order chi connectivity index (χ0) is 12.3. The third-order valence-corrected chi connectivity index (χ3v) is 2.94. The van der Waals surface area contributed by atoms with Crippen molar-refractivity contribution in [3.63, 3.8) is 0 Å². The molecular formula is C15H26N2. The first-order chi connectivity index (χ1) is 8.29. The van der Waals surface area contributed by atoms with E-state index in [2.05, 4.69) is 30.2 Å². The summed E-state index contributed by atoms with van der Waals surface area (Å²) >= 11 is 0. The van der Waals surface area contributed by atoms with Gasteiger partial charge in [0.05, 0.1) is 0 Å². The lowest BCUT2D eigenvalue weighted by Gasteiger charge is -2.06. The van der Waals surface area contributed by atoms with Crippen LogP contribution in [0.4, 0.5) is 0 Å². The fraction of sp³-hybridized carbons (Fsp3) is 0.667. The zero-order valence-electron chi connectivity index (χ0n) is 11.3. The van der Waals surface area contributed by atoms with E-state index < -0.39 is 0 Å². The minimum absolute atomic E-state index is 0.860. The molecule has 17 heavy (non-hydrogen) atoms. The quantitative estimate of drug-likeness (QED) is 0.658. The Hall–Kier alpha value is -0.890. The van der Waals surface area contributed by atoms with E-state index in [1.54, 1.807) is 0 Å². The number of pyridine rings is 1. The molecule has 0 amide bonds. The maximum absolute atomic E-state index is 4.10. The first-order valence-electron chi connectivity index (χ1n) is 6.88. The Morgan fingerprint density at radius 2 is 2.00 bits per heavy atom. The third-order valence-electron chi connectivity index (χ3n) is 2.94. The first kappa shape index (κ1) is 14.2. The summed E-state index contributed by atoms with van der Waals surface area (Å²) in [4.78, 5) is 4.10. The summed E-state index contributed by atoms with van der Waals surface area (Å²) in [5, 5.41) is 3.46. The van der Waals surface area contributed by atoms with Gasteiger partial charge in [0.2, 0.25) is 0 Å². The molecule has 2 nitrogen and oxygen atoms in total. The van der Waals surface area contributed by atoms with Crippen molar-refractivity contribution in [3.05, 3.63) is 30.1 Å². The summed E-state index contributed by atoms with van der Waals surface area (Å²) < 4.78 is 0. The molecule has 0 atom stereocenters. The average Bonchev–Trinajstić information content (AvgIpc) is 2.33. The van der Waals surface area contributed by atoms with Crippen molar-refractivity contribution in [1.29, 1.82) is 0 Å². The van der Waals surface area contributed by atoms with Crippen molar-refractivity contribution in [2.75, 3.05) is 6.54 Å². The summed E-state index contributed by atoms with van der Waals surface area (Å²) in [7, 11) is 0. The van der Waals surface area contributed by atoms with Gasteiger partial charge in [-0.25, -0.2) is 0 Å². The second-order valence-electron chi connectivity index (χ2n) is 5.13. The molecule has 0 radical (unpaired) electrons. The normalized spacial score (nSPS) is 11.0. The number of hydrogen-bond donors (Lipinski definition) is 1. The van der Waals surface area contributed by atoms with Gasteiger partial charge >= 0.3 is 0 Å². The molecule has 1 heterocycles. The summed E-state index contributed by atoms with van der Waals surface area (Å²) in [5.41, 5.74) is 1.27. The van der Waals surface area contributed by atoms with Crippen molar-refractivity contribution < 1.29 is 0 Å². The van der Waals surface area contributed by atoms with Crippen LogP contribution in [0.1, 0.15) is 51.5 Å². The third kappa shape index (κ3) is 7.92. The summed E-state index contributed by atoms with van der Waals surface area (Å²) in [6, 6.07) is 4.10. The smallest absolute Gasteiger partial charge is 0.0312 e. The molecule has 0 unspecified atom stereocenters. The number of rotatable bonds is 9. The molecule has 1 aromatic rings. The molecular weight excluding hydrogens is 208 g/mol. The molecule has 0 aliphatic rings. The molecule has 0 bridgehead atoms. The van der Waals surface area contributed by atoms with E-state index in [9.17, 15) is 0 Å². The number of unbranched alkanes of at least 4 members (excludes halogenated alkanes) is 3. The zero-order valence-corrected chi connectivity index (χ0v) is 11.3. The van der Waals surface area contributed by atoms with Gasteiger partial charge < -0.3 is 5.32 Å². The highest BCUT2D eigenvalue weighted by molar-refractivity contribution is 5.07. The lowest BCUT2D eigenvalue weighted by molar-refractivity contribution is 0.512. The van der Waals surface area contributed by atoms with Gasteiger partial charge in [-0.1, -0.05) is 45.6 Å². The van der Waals surface area contributed by atoms with E-state index in [1.165, 1.54) is 37.7 Å². The van der Waals surface area contributed by atoms with Crippen LogP contribution in [-0.4, -0.2) is 11.5 Å². The fourth-order valence-corrected chi connectivity index (χ4v) is 1.89. The highest BCUT2D eigenvalue weighted by Gasteiger charge is 1.95. The van der Waals surface area contributed by atoms with Crippen molar-refractivity contribution in [2.45, 2.75) is 52.5 Å². The van der Waals surface area contributed by atoms with Crippen molar-refractivity contribution in [3.8, 4) is 0 Å². The minimum Gasteiger partial charge on any atom is -0.313 e. The Labute approximate surface area is 106 Å². The average molecular weight is 234 g/mol. The topological polar surface area (TPSA) is 24.9 Å². The number of aromatic nitrogens is 1. The standard InChI is InChI=1S/C15H26N2/c1-14(2)8-5-3-4-6-10-16-12-15-9-7-11-17-13-15/h7,9,11,13-14,16H,3-6,8,10,12H2,1-2H3. The van der Waals surface area contributed by atoms with Crippen LogP contribution in [0.2, 0.25) is 0 Å². The van der Waals surface area contributed by atoms with E-state index in [-0.39, 0.29) is 0 Å². The van der Waals surface area contributed by atoms with Gasteiger partial charge in [-0.15, -0.1) is 0 Å². The van der Waals surface area contributed by atoms with Gasteiger partial charge in [-0.2, -0.15) is 0 Å². The van der Waals surface area contributed by atoms with Crippen LogP contribution in [-0.2, 0) is 6.54 Å². The van der Waals surface area contributed by atoms with Gasteiger partial charge in [0.15, 0.2) is 0 Å². The highest BCUT2D eigenvalue weighted by atomic mass is 14.8. The molecule has 0 aliphatic carbocycles. The SMILES string of the molecule is CC(C)CCCCCCNCc1cccnc1. The largest absolute Gasteiger partial charge is 0.313 e. The van der Waals surface area contributed by atoms with Gasteiger partial charge in [0.1, 0.15) is 0 Å². The summed E-state index contributed by atoms with van der Waals surface area (Å²) in [5.74, 6) is 0.860. The van der Waals surface area contributed by atoms with Crippen LogP contribution in [0.25, 0.3) is 0 Å². The lowest BCUT2D eigenvalue weighted by Crippen LogP contribution is -2.14. The molecule has 1 rings (SSSR count). The molecule has 0 spiro atoms. The van der Waals surface area contributed by atoms with Crippen LogP contribution in [0.3, 0.4) is 0 Å². The maximum atomic E-state index is 4.10. The molecule has 0 saturated carbocycles. The molecule has 1 N–H and O–H groups in total. The molecule has 0 aliphatic heterocycles. The molecule has 1 aromatic heterocycles. The van der Waals surface area contributed by atoms with E-state index in [0.29, 0.717) is 0 Å². The van der Waals surface area contributed by atoms with Gasteiger partial charge in [0.25, 0.3) is 0 Å². The molecule has 96 valence electrons. The Balaban J connectivity index is 1.88. The predicted molar refractivity (Wildman–Crippen MR) is 73.9 cm³/mol. The molecule has 0 aromatic carbocycles. The molecule has 2 heteroatoms. The highest BCUT2D eigenvalue weighted by Crippen LogP contribution is 2.08. The summed E-state index contributed by atoms with van der Waals surface area (Å²) in [6.45, 7) is 6.67. The van der Waals surface area contributed by atoms with Crippen molar-refractivity contribution in [1.82, 2.24) is 10.3 Å². The van der Waals surface area contributed by atoms with Crippen molar-refractivity contribution in [2.24, 2.45) is 5.92 Å². The van der Waals surface area contributed by atoms with Crippen LogP contribution in [0.15, 0.2) is 24.5 Å². The minimum atomic E-state index is 0.860. The second kappa shape index (κ2) is 9.17. The van der Waals surface area contributed by atoms with Crippen LogP contribution >= 0.6 is 0 Å². The fourth-order valence-electron chi connectivity index (χ4n) is 1.89. The van der Waals surface area contributed by atoms with Crippen LogP contribution in [0, 0.1) is 5.92 Å². The first-order valence-corrected chi connectivity index (χ1v) is 6.88. The number of nitrogens with one attached hydrogen (secondary N) is 1. The molecule has 0 fully saturated rings. The van der Waals surface area contributed by atoms with E-state index >= 15 is 0 Å². The Bertz CT molecular complexity index is 270. The van der Waals surface area contributed by atoms with E-state index in [1.807, 2.05) is 18.5 Å². The maximum Gasteiger partial charge on any atom is 0.0312 e. The monoisotopic (exact) mass is 234 g/mol. The predicted octanol–water partition coefficient (Wildman–Crippen LogP) is 3.78. The van der Waals surface area contributed by atoms with E-state index in [4.69, 9.17) is 0 Å². The van der Waals surface area contributed by atoms with E-state index in [0.717, 1.165) is 19.0 Å². The summed E-state index contributed by atoms with van der Waals surface area (Å²) in [6.07, 6.45) is 10.5. The Morgan fingerprint density at radius 3 is 2.71 bits per heavy atom. The lowest BCUT2D eigenvalue weighted by atomic mass is 10.0. The Morgan fingerprint density at radius 1 is 1.18 bits per heavy atom. The van der Waals surface area contributed by atoms with Gasteiger partial charge in [-0.05, 0) is 30.5 Å². The van der Waals surface area contributed by atoms with Gasteiger partial charge in [0, 0.05) is 18.9 Å². The van der Waals surface area contributed by atoms with Gasteiger partial charge in [-0.3, -0.25) is 4.98 Å². The number of hydrogen-bond acceptors (Lipinski definition) is 2.